The van der Waals surface area contributed by atoms with E-state index in [4.69, 9.17) is 0 Å². The molecule has 0 N–H and O–H groups in total. The van der Waals surface area contributed by atoms with E-state index in [0.29, 0.717) is 6.54 Å². The van der Waals surface area contributed by atoms with Crippen LogP contribution in [-0.4, -0.2) is 19.3 Å². The quantitative estimate of drug-likeness (QED) is 0.708. The molecule has 0 aromatic carbocycles. The van der Waals surface area contributed by atoms with Crippen LogP contribution in [0.5, 0.6) is 0 Å². The minimum absolute atomic E-state index is 0.239. The van der Waals surface area contributed by atoms with E-state index in [1.165, 1.54) is 6.20 Å². The molecule has 0 unspecified atom stereocenters. The first kappa shape index (κ1) is 9.64. The minimum atomic E-state index is -0.239. The molecule has 0 fully saturated rings. The summed E-state index contributed by atoms with van der Waals surface area (Å²) < 4.78 is 3.32. The maximum absolute atomic E-state index is 11.4. The van der Waals surface area contributed by atoms with Gasteiger partial charge < -0.3 is 0 Å². The highest BCUT2D eigenvalue weighted by atomic mass is 16.1. The van der Waals surface area contributed by atoms with Crippen molar-refractivity contribution in [2.45, 2.75) is 13.5 Å². The number of aryl methyl sites for hydroxylation is 2. The Kier molecular flexibility index (Phi) is 2.37. The molecule has 2 aromatic rings. The van der Waals surface area contributed by atoms with Crippen LogP contribution in [0.2, 0.25) is 0 Å². The minimum Gasteiger partial charge on any atom is -0.293 e. The lowest BCUT2D eigenvalue weighted by Gasteiger charge is -2.03. The number of nitrogens with zero attached hydrogens (tertiary/aromatic N) is 4. The smallest absolute Gasteiger partial charge is 0.293 e. The van der Waals surface area contributed by atoms with Crippen molar-refractivity contribution < 1.29 is 0 Å². The Hall–Kier alpha value is -1.91. The zero-order chi connectivity index (χ0) is 10.8. The van der Waals surface area contributed by atoms with Crippen LogP contribution in [0.25, 0.3) is 0 Å². The van der Waals surface area contributed by atoms with E-state index in [1.54, 1.807) is 21.5 Å². The lowest BCUT2D eigenvalue weighted by molar-refractivity contribution is 0.640. The van der Waals surface area contributed by atoms with Crippen molar-refractivity contribution in [3.8, 4) is 0 Å². The second kappa shape index (κ2) is 3.68. The van der Waals surface area contributed by atoms with Crippen LogP contribution in [0.3, 0.4) is 0 Å². The second-order valence-electron chi connectivity index (χ2n) is 3.43. The summed E-state index contributed by atoms with van der Waals surface area (Å²) in [6, 6.07) is 3.70. The van der Waals surface area contributed by atoms with Gasteiger partial charge in [0.15, 0.2) is 0 Å². The first-order valence-electron chi connectivity index (χ1n) is 4.68. The Labute approximate surface area is 87.0 Å². The van der Waals surface area contributed by atoms with E-state index < -0.39 is 0 Å². The molecule has 0 atom stereocenters. The Bertz CT molecular complexity index is 526. The highest BCUT2D eigenvalue weighted by molar-refractivity contribution is 5.09. The van der Waals surface area contributed by atoms with Crippen molar-refractivity contribution >= 4 is 0 Å². The van der Waals surface area contributed by atoms with Gasteiger partial charge in [0.1, 0.15) is 0 Å². The summed E-state index contributed by atoms with van der Waals surface area (Å²) in [7, 11) is 1.86. The van der Waals surface area contributed by atoms with Crippen molar-refractivity contribution in [2.24, 2.45) is 7.05 Å². The van der Waals surface area contributed by atoms with Gasteiger partial charge in [-0.2, -0.15) is 5.10 Å². The SMILES string of the molecule is Cc1cc(Cn2cccnc2=O)n(C)n1. The predicted molar refractivity (Wildman–Crippen MR) is 55.5 cm³/mol. The van der Waals surface area contributed by atoms with Crippen LogP contribution in [0.1, 0.15) is 11.4 Å². The monoisotopic (exact) mass is 204 g/mol. The summed E-state index contributed by atoms with van der Waals surface area (Å²) in [5.74, 6) is 0. The third kappa shape index (κ3) is 1.96. The average Bonchev–Trinajstić information content (AvgIpc) is 2.49. The van der Waals surface area contributed by atoms with Crippen molar-refractivity contribution in [1.82, 2.24) is 19.3 Å². The molecule has 5 nitrogen and oxygen atoms in total. The van der Waals surface area contributed by atoms with Crippen LogP contribution in [-0.2, 0) is 13.6 Å². The second-order valence-corrected chi connectivity index (χ2v) is 3.43. The molecule has 0 bridgehead atoms. The highest BCUT2D eigenvalue weighted by Crippen LogP contribution is 2.02. The molecular weight excluding hydrogens is 192 g/mol. The summed E-state index contributed by atoms with van der Waals surface area (Å²) in [5.41, 5.74) is 1.70. The van der Waals surface area contributed by atoms with E-state index in [0.717, 1.165) is 11.4 Å². The van der Waals surface area contributed by atoms with Gasteiger partial charge >= 0.3 is 5.69 Å². The Morgan fingerprint density at radius 2 is 2.27 bits per heavy atom. The molecule has 5 heteroatoms. The van der Waals surface area contributed by atoms with Crippen LogP contribution in [0.4, 0.5) is 0 Å². The molecule has 0 amide bonds. The fourth-order valence-electron chi connectivity index (χ4n) is 1.49. The molecule has 0 radical (unpaired) electrons. The Balaban J connectivity index is 2.34. The lowest BCUT2D eigenvalue weighted by atomic mass is 10.3. The number of hydrogen-bond donors (Lipinski definition) is 0. The lowest BCUT2D eigenvalue weighted by Crippen LogP contribution is -2.22. The fourth-order valence-corrected chi connectivity index (χ4v) is 1.49. The van der Waals surface area contributed by atoms with Gasteiger partial charge in [-0.15, -0.1) is 0 Å². The molecule has 2 heterocycles. The maximum atomic E-state index is 11.4. The maximum Gasteiger partial charge on any atom is 0.347 e. The first-order valence-corrected chi connectivity index (χ1v) is 4.68. The van der Waals surface area contributed by atoms with Gasteiger partial charge in [-0.25, -0.2) is 9.78 Å². The van der Waals surface area contributed by atoms with Crippen LogP contribution in [0, 0.1) is 6.92 Å². The summed E-state index contributed by atoms with van der Waals surface area (Å²) in [6.45, 7) is 2.43. The van der Waals surface area contributed by atoms with Gasteiger partial charge in [-0.1, -0.05) is 0 Å². The first-order chi connectivity index (χ1) is 7.16. The molecule has 0 saturated heterocycles. The van der Waals surface area contributed by atoms with Crippen LogP contribution >= 0.6 is 0 Å². The van der Waals surface area contributed by atoms with Gasteiger partial charge in [0, 0.05) is 19.4 Å². The third-order valence-corrected chi connectivity index (χ3v) is 2.21. The molecule has 78 valence electrons. The molecule has 15 heavy (non-hydrogen) atoms. The topological polar surface area (TPSA) is 52.7 Å². The molecule has 2 aromatic heterocycles. The van der Waals surface area contributed by atoms with Crippen LogP contribution in [0.15, 0.2) is 29.3 Å². The number of aromatic nitrogens is 4. The molecule has 0 aliphatic heterocycles. The van der Waals surface area contributed by atoms with Gasteiger partial charge in [-0.3, -0.25) is 9.25 Å². The normalized spacial score (nSPS) is 10.5. The summed E-state index contributed by atoms with van der Waals surface area (Å²) in [4.78, 5) is 15.1. The third-order valence-electron chi connectivity index (χ3n) is 2.21. The molecule has 0 spiro atoms. The predicted octanol–water partition coefficient (Wildman–Crippen LogP) is 0.334. The fraction of sp³-hybridized carbons (Fsp3) is 0.300. The number of rotatable bonds is 2. The van der Waals surface area contributed by atoms with Crippen molar-refractivity contribution in [2.75, 3.05) is 0 Å². The molecule has 0 aliphatic rings. The summed E-state index contributed by atoms with van der Waals surface area (Å²) in [6.07, 6.45) is 3.21. The van der Waals surface area contributed by atoms with Crippen LogP contribution < -0.4 is 5.69 Å². The van der Waals surface area contributed by atoms with Crippen molar-refractivity contribution in [1.29, 1.82) is 0 Å². The standard InChI is InChI=1S/C10H12N4O/c1-8-6-9(13(2)12-8)7-14-5-3-4-11-10(14)15/h3-6H,7H2,1-2H3. The van der Waals surface area contributed by atoms with E-state index in [1.807, 2.05) is 20.0 Å². The molecule has 0 saturated carbocycles. The largest absolute Gasteiger partial charge is 0.347 e. The zero-order valence-corrected chi connectivity index (χ0v) is 8.71. The van der Waals surface area contributed by atoms with Gasteiger partial charge in [0.2, 0.25) is 0 Å². The van der Waals surface area contributed by atoms with E-state index in [-0.39, 0.29) is 5.69 Å². The van der Waals surface area contributed by atoms with E-state index >= 15 is 0 Å². The average molecular weight is 204 g/mol. The zero-order valence-electron chi connectivity index (χ0n) is 8.71. The summed E-state index contributed by atoms with van der Waals surface area (Å²) in [5, 5.41) is 4.22. The Morgan fingerprint density at radius 3 is 2.87 bits per heavy atom. The van der Waals surface area contributed by atoms with Crippen molar-refractivity contribution in [3.63, 3.8) is 0 Å². The molecule has 2 rings (SSSR count). The highest BCUT2D eigenvalue weighted by Gasteiger charge is 2.03. The Morgan fingerprint density at radius 1 is 1.47 bits per heavy atom. The number of hydrogen-bond acceptors (Lipinski definition) is 3. The van der Waals surface area contributed by atoms with Gasteiger partial charge in [-0.05, 0) is 19.1 Å². The van der Waals surface area contributed by atoms with E-state index in [9.17, 15) is 4.79 Å². The van der Waals surface area contributed by atoms with Gasteiger partial charge in [0.25, 0.3) is 0 Å². The van der Waals surface area contributed by atoms with E-state index in [2.05, 4.69) is 10.1 Å². The summed E-state index contributed by atoms with van der Waals surface area (Å²) >= 11 is 0. The molecule has 0 aliphatic carbocycles. The van der Waals surface area contributed by atoms with Gasteiger partial charge in [0.05, 0.1) is 17.9 Å². The van der Waals surface area contributed by atoms with Crippen molar-refractivity contribution in [3.05, 3.63) is 46.4 Å². The molecular formula is C10H12N4O.